The molecule has 4 aromatic rings. The van der Waals surface area contributed by atoms with Crippen LogP contribution >= 0.6 is 0 Å². The van der Waals surface area contributed by atoms with Crippen molar-refractivity contribution in [3.63, 3.8) is 0 Å². The first-order valence-corrected chi connectivity index (χ1v) is 9.18. The lowest BCUT2D eigenvalue weighted by Gasteiger charge is -2.10. The number of rotatable bonds is 4. The van der Waals surface area contributed by atoms with Gasteiger partial charge in [0.2, 0.25) is 0 Å². The van der Waals surface area contributed by atoms with Gasteiger partial charge in [-0.15, -0.1) is 13.2 Å². The Kier molecular flexibility index (Phi) is 5.17. The average molecular weight is 421 g/mol. The third-order valence-electron chi connectivity index (χ3n) is 4.73. The maximum Gasteiger partial charge on any atom is 0.573 e. The van der Waals surface area contributed by atoms with Gasteiger partial charge in [-0.1, -0.05) is 42.5 Å². The number of hydrogen-bond donors (Lipinski definition) is 0. The van der Waals surface area contributed by atoms with Crippen LogP contribution in [0.15, 0.2) is 77.7 Å². The van der Waals surface area contributed by atoms with Crippen LogP contribution in [0.4, 0.5) is 13.2 Å². The molecule has 0 radical (unpaired) electrons. The first-order valence-electron chi connectivity index (χ1n) is 9.18. The molecule has 0 bridgehead atoms. The van der Waals surface area contributed by atoms with Gasteiger partial charge in [0, 0.05) is 5.39 Å². The Morgan fingerprint density at radius 2 is 1.71 bits per heavy atom. The highest BCUT2D eigenvalue weighted by Crippen LogP contribution is 2.27. The summed E-state index contributed by atoms with van der Waals surface area (Å²) in [6, 6.07) is 19.6. The Bertz CT molecular complexity index is 1350. The molecule has 154 valence electrons. The lowest BCUT2D eigenvalue weighted by atomic mass is 10.0. The highest BCUT2D eigenvalue weighted by molar-refractivity contribution is 5.86. The zero-order valence-corrected chi connectivity index (χ0v) is 15.9. The minimum absolute atomic E-state index is 0.145. The van der Waals surface area contributed by atoms with Crippen molar-refractivity contribution in [2.45, 2.75) is 12.9 Å². The molecule has 0 unspecified atom stereocenters. The number of aromatic nitrogens is 2. The number of benzene rings is 3. The Morgan fingerprint density at radius 3 is 2.42 bits per heavy atom. The van der Waals surface area contributed by atoms with E-state index in [4.69, 9.17) is 0 Å². The fraction of sp³-hybridized carbons (Fsp3) is 0.0870. The fourth-order valence-corrected chi connectivity index (χ4v) is 3.25. The maximum absolute atomic E-state index is 13.0. The topological polar surface area (TPSA) is 67.9 Å². The second-order valence-electron chi connectivity index (χ2n) is 6.75. The molecule has 0 aliphatic carbocycles. The fourth-order valence-electron chi connectivity index (χ4n) is 3.25. The molecule has 8 heteroatoms. The van der Waals surface area contributed by atoms with Gasteiger partial charge in [0.25, 0.3) is 5.56 Å². The van der Waals surface area contributed by atoms with Crippen molar-refractivity contribution >= 4 is 10.8 Å². The third kappa shape index (κ3) is 4.41. The lowest BCUT2D eigenvalue weighted by Crippen LogP contribution is -2.23. The van der Waals surface area contributed by atoms with E-state index < -0.39 is 6.36 Å². The van der Waals surface area contributed by atoms with Crippen molar-refractivity contribution in [2.75, 3.05) is 0 Å². The van der Waals surface area contributed by atoms with E-state index in [1.165, 1.54) is 28.9 Å². The van der Waals surface area contributed by atoms with Gasteiger partial charge in [-0.25, -0.2) is 4.68 Å². The second kappa shape index (κ2) is 7.95. The predicted octanol–water partition coefficient (Wildman–Crippen LogP) is 4.88. The van der Waals surface area contributed by atoms with Crippen molar-refractivity contribution in [1.82, 2.24) is 9.78 Å². The highest BCUT2D eigenvalue weighted by Gasteiger charge is 2.30. The van der Waals surface area contributed by atoms with Gasteiger partial charge in [0.05, 0.1) is 29.8 Å². The minimum Gasteiger partial charge on any atom is -0.406 e. The van der Waals surface area contributed by atoms with Crippen molar-refractivity contribution < 1.29 is 17.9 Å². The van der Waals surface area contributed by atoms with E-state index >= 15 is 0 Å². The Balaban J connectivity index is 1.69. The zero-order valence-electron chi connectivity index (χ0n) is 15.9. The van der Waals surface area contributed by atoms with Gasteiger partial charge in [-0.05, 0) is 41.0 Å². The summed E-state index contributed by atoms with van der Waals surface area (Å²) < 4.78 is 42.2. The Hall–Kier alpha value is -4.12. The predicted molar refractivity (Wildman–Crippen MR) is 108 cm³/mol. The molecule has 1 heterocycles. The number of alkyl halides is 3. The molecular weight excluding hydrogens is 407 g/mol. The first kappa shape index (κ1) is 20.2. The standard InChI is InChI=1S/C23H14F3N3O2/c24-23(25,26)31-20-9-7-15(8-10-20)16-5-6-18-13-28-29(22(30)21(18)11-16)14-19-4-2-1-3-17(19)12-27/h1-11,13H,14H2. The summed E-state index contributed by atoms with van der Waals surface area (Å²) in [5.41, 5.74) is 2.11. The third-order valence-corrected chi connectivity index (χ3v) is 4.73. The monoisotopic (exact) mass is 421 g/mol. The number of nitriles is 1. The first-order chi connectivity index (χ1) is 14.8. The highest BCUT2D eigenvalue weighted by atomic mass is 19.4. The maximum atomic E-state index is 13.0. The molecular formula is C23H14F3N3O2. The molecule has 5 nitrogen and oxygen atoms in total. The van der Waals surface area contributed by atoms with Crippen molar-refractivity contribution in [2.24, 2.45) is 0 Å². The van der Waals surface area contributed by atoms with Crippen LogP contribution in [0.5, 0.6) is 5.75 Å². The summed E-state index contributed by atoms with van der Waals surface area (Å²) in [5, 5.41) is 14.5. The zero-order chi connectivity index (χ0) is 22.0. The van der Waals surface area contributed by atoms with Crippen LogP contribution in [0.2, 0.25) is 0 Å². The normalized spacial score (nSPS) is 11.3. The summed E-state index contributed by atoms with van der Waals surface area (Å²) in [4.78, 5) is 13.0. The van der Waals surface area contributed by atoms with E-state index in [1.54, 1.807) is 48.7 Å². The van der Waals surface area contributed by atoms with Gasteiger partial charge in [-0.3, -0.25) is 4.79 Å². The molecule has 0 atom stereocenters. The Labute approximate surface area is 174 Å². The number of halogens is 3. The minimum atomic E-state index is -4.76. The van der Waals surface area contributed by atoms with Crippen LogP contribution in [-0.2, 0) is 6.54 Å². The summed E-state index contributed by atoms with van der Waals surface area (Å²) in [7, 11) is 0. The van der Waals surface area contributed by atoms with Crippen LogP contribution in [0.3, 0.4) is 0 Å². The van der Waals surface area contributed by atoms with Crippen molar-refractivity contribution in [1.29, 1.82) is 5.26 Å². The van der Waals surface area contributed by atoms with Crippen LogP contribution in [0, 0.1) is 11.3 Å². The van der Waals surface area contributed by atoms with E-state index in [0.29, 0.717) is 33.0 Å². The van der Waals surface area contributed by atoms with Crippen molar-refractivity contribution in [3.05, 3.63) is 94.4 Å². The van der Waals surface area contributed by atoms with E-state index in [1.807, 2.05) is 0 Å². The molecule has 0 aliphatic heterocycles. The quantitative estimate of drug-likeness (QED) is 0.471. The summed E-state index contributed by atoms with van der Waals surface area (Å²) in [6.07, 6.45) is -3.19. The van der Waals surface area contributed by atoms with Crippen LogP contribution in [-0.4, -0.2) is 16.1 Å². The number of nitrogens with zero attached hydrogens (tertiary/aromatic N) is 3. The van der Waals surface area contributed by atoms with Crippen molar-refractivity contribution in [3.8, 4) is 22.9 Å². The van der Waals surface area contributed by atoms with E-state index in [0.717, 1.165) is 0 Å². The molecule has 31 heavy (non-hydrogen) atoms. The molecule has 0 saturated carbocycles. The number of fused-ring (bicyclic) bond motifs is 1. The molecule has 0 saturated heterocycles. The van der Waals surface area contributed by atoms with Crippen LogP contribution in [0.1, 0.15) is 11.1 Å². The molecule has 0 fully saturated rings. The van der Waals surface area contributed by atoms with Crippen LogP contribution in [0.25, 0.3) is 21.9 Å². The molecule has 4 rings (SSSR count). The van der Waals surface area contributed by atoms with Gasteiger partial charge in [0.1, 0.15) is 5.75 Å². The second-order valence-corrected chi connectivity index (χ2v) is 6.75. The molecule has 1 aromatic heterocycles. The van der Waals surface area contributed by atoms with Gasteiger partial charge in [-0.2, -0.15) is 10.4 Å². The van der Waals surface area contributed by atoms with E-state index in [-0.39, 0.29) is 17.9 Å². The van der Waals surface area contributed by atoms with E-state index in [9.17, 15) is 23.2 Å². The molecule has 0 N–H and O–H groups in total. The summed E-state index contributed by atoms with van der Waals surface area (Å²) in [6.45, 7) is 0.145. The van der Waals surface area contributed by atoms with Gasteiger partial charge in [0.15, 0.2) is 0 Å². The molecule has 3 aromatic carbocycles. The molecule has 0 spiro atoms. The van der Waals surface area contributed by atoms with Gasteiger partial charge < -0.3 is 4.74 Å². The molecule has 0 amide bonds. The molecule has 0 aliphatic rings. The number of hydrogen-bond acceptors (Lipinski definition) is 4. The van der Waals surface area contributed by atoms with E-state index in [2.05, 4.69) is 15.9 Å². The smallest absolute Gasteiger partial charge is 0.406 e. The average Bonchev–Trinajstić information content (AvgIpc) is 2.75. The largest absolute Gasteiger partial charge is 0.573 e. The van der Waals surface area contributed by atoms with Crippen LogP contribution < -0.4 is 10.3 Å². The lowest BCUT2D eigenvalue weighted by molar-refractivity contribution is -0.274. The number of ether oxygens (including phenoxy) is 1. The Morgan fingerprint density at radius 1 is 1.00 bits per heavy atom. The summed E-state index contributed by atoms with van der Waals surface area (Å²) >= 11 is 0. The SMILES string of the molecule is N#Cc1ccccc1Cn1ncc2ccc(-c3ccc(OC(F)(F)F)cc3)cc2c1=O. The van der Waals surface area contributed by atoms with Gasteiger partial charge >= 0.3 is 6.36 Å². The summed E-state index contributed by atoms with van der Waals surface area (Å²) in [5.74, 6) is -0.320.